The van der Waals surface area contributed by atoms with E-state index < -0.39 is 9.84 Å². The van der Waals surface area contributed by atoms with Crippen LogP contribution < -0.4 is 4.90 Å². The van der Waals surface area contributed by atoms with E-state index in [-0.39, 0.29) is 23.0 Å². The molecular formula is C25H27FN2O4S. The Morgan fingerprint density at radius 1 is 1.09 bits per heavy atom. The van der Waals surface area contributed by atoms with Crippen LogP contribution in [0.25, 0.3) is 5.57 Å². The highest BCUT2D eigenvalue weighted by molar-refractivity contribution is 7.90. The lowest BCUT2D eigenvalue weighted by Gasteiger charge is -2.36. The molecular weight excluding hydrogens is 443 g/mol. The molecule has 0 N–H and O–H groups in total. The second-order valence-corrected chi connectivity index (χ2v) is 10.6. The number of benzene rings is 2. The third-order valence-electron chi connectivity index (χ3n) is 6.28. The Bertz CT molecular complexity index is 1210. The Hall–Kier alpha value is -3.00. The number of hydrogen-bond acceptors (Lipinski definition) is 5. The van der Waals surface area contributed by atoms with Crippen molar-refractivity contribution in [3.8, 4) is 0 Å². The van der Waals surface area contributed by atoms with Gasteiger partial charge in [0.15, 0.2) is 9.84 Å². The smallest absolute Gasteiger partial charge is 0.254 e. The van der Waals surface area contributed by atoms with E-state index in [0.29, 0.717) is 43.0 Å². The van der Waals surface area contributed by atoms with Crippen molar-refractivity contribution in [3.05, 3.63) is 65.0 Å². The number of hydrogen-bond donors (Lipinski definition) is 0. The molecule has 2 aliphatic rings. The number of allylic oxidation sites excluding steroid dienone is 2. The van der Waals surface area contributed by atoms with E-state index in [9.17, 15) is 22.4 Å². The first-order valence-corrected chi connectivity index (χ1v) is 13.0. The van der Waals surface area contributed by atoms with Crippen molar-refractivity contribution in [1.29, 1.82) is 0 Å². The van der Waals surface area contributed by atoms with Gasteiger partial charge in [-0.2, -0.15) is 0 Å². The van der Waals surface area contributed by atoms with E-state index in [2.05, 4.69) is 6.08 Å². The number of rotatable bonds is 6. The van der Waals surface area contributed by atoms with Gasteiger partial charge in [0.1, 0.15) is 12.1 Å². The summed E-state index contributed by atoms with van der Waals surface area (Å²) in [6, 6.07) is 9.58. The lowest BCUT2D eigenvalue weighted by molar-refractivity contribution is -0.107. The molecule has 0 spiro atoms. The molecule has 1 aliphatic carbocycles. The SMILES string of the molecule is CS(=O)(=O)c1ccc(C2=CCCC2)c(C(=O)N2CCN(c3ccc(CC=O)cc3F)CC2)c1. The first-order valence-electron chi connectivity index (χ1n) is 11.1. The van der Waals surface area contributed by atoms with E-state index >= 15 is 0 Å². The molecule has 1 heterocycles. The van der Waals surface area contributed by atoms with E-state index in [1.807, 2.05) is 4.90 Å². The number of nitrogens with zero attached hydrogens (tertiary/aromatic N) is 2. The number of carbonyl (C=O) groups excluding carboxylic acids is 2. The van der Waals surface area contributed by atoms with Gasteiger partial charge in [0, 0.05) is 44.4 Å². The summed E-state index contributed by atoms with van der Waals surface area (Å²) in [5, 5.41) is 0. The number of sulfone groups is 1. The summed E-state index contributed by atoms with van der Waals surface area (Å²) in [7, 11) is -3.45. The highest BCUT2D eigenvalue weighted by Crippen LogP contribution is 2.32. The molecule has 0 saturated carbocycles. The molecule has 2 aromatic rings. The van der Waals surface area contributed by atoms with Crippen LogP contribution in [0.2, 0.25) is 0 Å². The first-order chi connectivity index (χ1) is 15.8. The lowest BCUT2D eigenvalue weighted by atomic mass is 9.98. The molecule has 6 nitrogen and oxygen atoms in total. The molecule has 174 valence electrons. The van der Waals surface area contributed by atoms with Gasteiger partial charge in [0.25, 0.3) is 5.91 Å². The van der Waals surface area contributed by atoms with Gasteiger partial charge in [-0.15, -0.1) is 0 Å². The summed E-state index contributed by atoms with van der Waals surface area (Å²) in [5.41, 5.74) is 3.36. The average Bonchev–Trinajstić information content (AvgIpc) is 3.33. The van der Waals surface area contributed by atoms with Crippen LogP contribution in [-0.4, -0.2) is 57.9 Å². The van der Waals surface area contributed by atoms with Crippen molar-refractivity contribution in [2.24, 2.45) is 0 Å². The zero-order valence-corrected chi connectivity index (χ0v) is 19.4. The Morgan fingerprint density at radius 2 is 1.85 bits per heavy atom. The van der Waals surface area contributed by atoms with Crippen LogP contribution in [0.4, 0.5) is 10.1 Å². The number of carbonyl (C=O) groups is 2. The van der Waals surface area contributed by atoms with Gasteiger partial charge in [-0.25, -0.2) is 12.8 Å². The molecule has 0 atom stereocenters. The molecule has 1 saturated heterocycles. The van der Waals surface area contributed by atoms with Gasteiger partial charge in [0.05, 0.1) is 10.6 Å². The van der Waals surface area contributed by atoms with E-state index in [1.165, 1.54) is 12.1 Å². The zero-order valence-electron chi connectivity index (χ0n) is 18.6. The normalized spacial score (nSPS) is 16.6. The van der Waals surface area contributed by atoms with E-state index in [1.54, 1.807) is 29.2 Å². The van der Waals surface area contributed by atoms with Crippen molar-refractivity contribution in [2.45, 2.75) is 30.6 Å². The maximum atomic E-state index is 14.6. The monoisotopic (exact) mass is 470 g/mol. The van der Waals surface area contributed by atoms with Crippen molar-refractivity contribution < 1.29 is 22.4 Å². The minimum absolute atomic E-state index is 0.129. The van der Waals surface area contributed by atoms with Gasteiger partial charge in [-0.05, 0) is 60.2 Å². The molecule has 0 unspecified atom stereocenters. The van der Waals surface area contributed by atoms with Crippen LogP contribution in [0.1, 0.15) is 40.7 Å². The lowest BCUT2D eigenvalue weighted by Crippen LogP contribution is -2.49. The highest BCUT2D eigenvalue weighted by Gasteiger charge is 2.27. The van der Waals surface area contributed by atoms with Crippen LogP contribution in [-0.2, 0) is 21.1 Å². The number of aldehydes is 1. The van der Waals surface area contributed by atoms with E-state index in [4.69, 9.17) is 0 Å². The summed E-state index contributed by atoms with van der Waals surface area (Å²) in [4.78, 5) is 27.8. The van der Waals surface area contributed by atoms with Gasteiger partial charge >= 0.3 is 0 Å². The molecule has 0 bridgehead atoms. The Morgan fingerprint density at radius 3 is 2.45 bits per heavy atom. The summed E-state index contributed by atoms with van der Waals surface area (Å²) < 4.78 is 38.8. The fraction of sp³-hybridized carbons (Fsp3) is 0.360. The summed E-state index contributed by atoms with van der Waals surface area (Å²) in [6.45, 7) is 1.71. The minimum atomic E-state index is -3.45. The third-order valence-corrected chi connectivity index (χ3v) is 7.39. The Balaban J connectivity index is 1.54. The standard InChI is InChI=1S/C25H27FN2O4S/c1-33(31,32)20-7-8-21(19-4-2-3-5-19)22(17-20)25(30)28-13-11-27(12-14-28)24-9-6-18(10-15-29)16-23(24)26/h4,6-9,15-17H,2-3,5,10-14H2,1H3. The van der Waals surface area contributed by atoms with Crippen LogP contribution >= 0.6 is 0 Å². The third kappa shape index (κ3) is 5.00. The van der Waals surface area contributed by atoms with Crippen LogP contribution in [0.3, 0.4) is 0 Å². The zero-order chi connectivity index (χ0) is 23.6. The largest absolute Gasteiger partial charge is 0.366 e. The molecule has 33 heavy (non-hydrogen) atoms. The van der Waals surface area contributed by atoms with E-state index in [0.717, 1.165) is 42.9 Å². The van der Waals surface area contributed by atoms with Gasteiger partial charge in [-0.1, -0.05) is 18.2 Å². The van der Waals surface area contributed by atoms with Crippen molar-refractivity contribution >= 4 is 33.3 Å². The molecule has 1 fully saturated rings. The van der Waals surface area contributed by atoms with Gasteiger partial charge in [-0.3, -0.25) is 4.79 Å². The fourth-order valence-corrected chi connectivity index (χ4v) is 5.12. The molecule has 4 rings (SSSR count). The molecule has 1 amide bonds. The molecule has 1 aliphatic heterocycles. The summed E-state index contributed by atoms with van der Waals surface area (Å²) >= 11 is 0. The Labute approximate surface area is 193 Å². The van der Waals surface area contributed by atoms with Gasteiger partial charge < -0.3 is 14.6 Å². The molecule has 8 heteroatoms. The molecule has 0 aromatic heterocycles. The predicted octanol–water partition coefficient (Wildman–Crippen LogP) is 3.50. The summed E-state index contributed by atoms with van der Waals surface area (Å²) in [5.74, 6) is -0.588. The van der Waals surface area contributed by atoms with Crippen molar-refractivity contribution in [3.63, 3.8) is 0 Å². The van der Waals surface area contributed by atoms with Crippen molar-refractivity contribution in [1.82, 2.24) is 4.90 Å². The second-order valence-electron chi connectivity index (χ2n) is 8.54. The number of halogens is 1. The average molecular weight is 471 g/mol. The second kappa shape index (κ2) is 9.47. The minimum Gasteiger partial charge on any atom is -0.366 e. The van der Waals surface area contributed by atoms with Gasteiger partial charge in [0.2, 0.25) is 0 Å². The number of piperazine rings is 1. The summed E-state index contributed by atoms with van der Waals surface area (Å²) in [6.07, 6.45) is 7.00. The maximum Gasteiger partial charge on any atom is 0.254 e. The molecule has 2 aromatic carbocycles. The van der Waals surface area contributed by atoms with Crippen LogP contribution in [0, 0.1) is 5.82 Å². The van der Waals surface area contributed by atoms with Crippen LogP contribution in [0.5, 0.6) is 0 Å². The Kier molecular flexibility index (Phi) is 6.65. The molecule has 0 radical (unpaired) electrons. The fourth-order valence-electron chi connectivity index (χ4n) is 4.48. The van der Waals surface area contributed by atoms with Crippen molar-refractivity contribution in [2.75, 3.05) is 37.3 Å². The topological polar surface area (TPSA) is 74.8 Å². The highest BCUT2D eigenvalue weighted by atomic mass is 32.2. The maximum absolute atomic E-state index is 14.6. The number of amides is 1. The first kappa shape index (κ1) is 23.2. The predicted molar refractivity (Wildman–Crippen MR) is 126 cm³/mol. The quantitative estimate of drug-likeness (QED) is 0.604. The van der Waals surface area contributed by atoms with Crippen LogP contribution in [0.15, 0.2) is 47.4 Å². The number of anilines is 1.